The van der Waals surface area contributed by atoms with E-state index in [9.17, 15) is 14.4 Å². The second kappa shape index (κ2) is 19.9. The molecule has 268 valence electrons. The second-order valence-electron chi connectivity index (χ2n) is 12.2. The number of methoxy groups -OCH3 is 1. The fraction of sp³-hybridized carbons (Fsp3) is 0.233. The number of nitrogens with one attached hydrogen (secondary N) is 2. The van der Waals surface area contributed by atoms with Gasteiger partial charge in [-0.15, -0.1) is 0 Å². The predicted octanol–water partition coefficient (Wildman–Crippen LogP) is 7.22. The molecule has 0 aliphatic rings. The summed E-state index contributed by atoms with van der Waals surface area (Å²) in [6.45, 7) is 1.13. The van der Waals surface area contributed by atoms with Crippen LogP contribution in [0.25, 0.3) is 0 Å². The van der Waals surface area contributed by atoms with Crippen molar-refractivity contribution in [3.05, 3.63) is 161 Å². The van der Waals surface area contributed by atoms with Gasteiger partial charge in [0.05, 0.1) is 13.5 Å². The molecule has 5 rings (SSSR count). The van der Waals surface area contributed by atoms with Gasteiger partial charge in [0.2, 0.25) is 11.7 Å². The first-order valence-corrected chi connectivity index (χ1v) is 17.4. The summed E-state index contributed by atoms with van der Waals surface area (Å²) in [5.74, 6) is -0.157. The van der Waals surface area contributed by atoms with Crippen LogP contribution in [0.5, 0.6) is 17.2 Å². The Morgan fingerprint density at radius 1 is 0.596 bits per heavy atom. The zero-order chi connectivity index (χ0) is 36.4. The van der Waals surface area contributed by atoms with Gasteiger partial charge in [-0.3, -0.25) is 9.59 Å². The molecule has 1 atom stereocenters. The molecule has 0 bridgehead atoms. The highest BCUT2D eigenvalue weighted by molar-refractivity contribution is 5.98. The summed E-state index contributed by atoms with van der Waals surface area (Å²) in [6, 6.07) is 40.9. The Morgan fingerprint density at radius 3 is 1.54 bits per heavy atom. The molecule has 5 aromatic carbocycles. The minimum Gasteiger partial charge on any atom is -0.485 e. The Kier molecular flexibility index (Phi) is 14.2. The summed E-state index contributed by atoms with van der Waals surface area (Å²) in [7, 11) is 1.29. The number of esters is 1. The molecular weight excluding hydrogens is 656 g/mol. The molecule has 0 spiro atoms. The smallest absolute Gasteiger partial charge is 0.328 e. The van der Waals surface area contributed by atoms with Gasteiger partial charge in [0.15, 0.2) is 11.5 Å². The van der Waals surface area contributed by atoms with E-state index in [1.807, 2.05) is 121 Å². The van der Waals surface area contributed by atoms with Crippen molar-refractivity contribution in [3.8, 4) is 17.2 Å². The Labute approximate surface area is 304 Å². The third-order valence-corrected chi connectivity index (χ3v) is 8.22. The summed E-state index contributed by atoms with van der Waals surface area (Å²) in [4.78, 5) is 39.0. The molecule has 0 aliphatic carbocycles. The minimum atomic E-state index is -0.908. The van der Waals surface area contributed by atoms with Gasteiger partial charge in [0, 0.05) is 12.1 Å². The third-order valence-electron chi connectivity index (χ3n) is 8.22. The van der Waals surface area contributed by atoms with Crippen molar-refractivity contribution < 1.29 is 33.3 Å². The van der Waals surface area contributed by atoms with Crippen LogP contribution in [0.4, 0.5) is 0 Å². The normalized spacial score (nSPS) is 11.2. The number of carbonyl (C=O) groups excluding carboxylic acids is 3. The van der Waals surface area contributed by atoms with E-state index in [2.05, 4.69) is 10.6 Å². The molecule has 0 saturated heterocycles. The van der Waals surface area contributed by atoms with E-state index in [4.69, 9.17) is 18.9 Å². The number of benzene rings is 5. The number of carbonyl (C=O) groups is 3. The molecule has 52 heavy (non-hydrogen) atoms. The highest BCUT2D eigenvalue weighted by atomic mass is 16.5. The van der Waals surface area contributed by atoms with E-state index in [0.717, 1.165) is 22.3 Å². The van der Waals surface area contributed by atoms with Crippen molar-refractivity contribution in [2.75, 3.05) is 13.7 Å². The minimum absolute atomic E-state index is 0.0733. The molecule has 2 amide bonds. The van der Waals surface area contributed by atoms with Crippen molar-refractivity contribution in [1.29, 1.82) is 0 Å². The number of hydrogen-bond donors (Lipinski definition) is 2. The first kappa shape index (κ1) is 37.2. The lowest BCUT2D eigenvalue weighted by Crippen LogP contribution is -2.41. The molecule has 0 saturated carbocycles. The lowest BCUT2D eigenvalue weighted by molar-refractivity contribution is -0.143. The maximum absolute atomic E-state index is 13.8. The number of ether oxygens (including phenoxy) is 4. The molecule has 0 unspecified atom stereocenters. The first-order valence-electron chi connectivity index (χ1n) is 17.4. The van der Waals surface area contributed by atoms with Crippen LogP contribution in [0, 0.1) is 0 Å². The van der Waals surface area contributed by atoms with Crippen LogP contribution in [0.3, 0.4) is 0 Å². The predicted molar refractivity (Wildman–Crippen MR) is 199 cm³/mol. The second-order valence-corrected chi connectivity index (χ2v) is 12.2. The largest absolute Gasteiger partial charge is 0.485 e. The topological polar surface area (TPSA) is 112 Å². The first-order chi connectivity index (χ1) is 25.5. The molecule has 2 N–H and O–H groups in total. The van der Waals surface area contributed by atoms with E-state index in [-0.39, 0.29) is 31.3 Å². The quantitative estimate of drug-likeness (QED) is 0.0691. The summed E-state index contributed by atoms with van der Waals surface area (Å²) in [5.41, 5.74) is 3.97. The fourth-order valence-electron chi connectivity index (χ4n) is 5.44. The monoisotopic (exact) mass is 700 g/mol. The van der Waals surface area contributed by atoms with Crippen molar-refractivity contribution in [1.82, 2.24) is 10.6 Å². The number of hydrogen-bond acceptors (Lipinski definition) is 7. The van der Waals surface area contributed by atoms with E-state index in [0.29, 0.717) is 49.5 Å². The van der Waals surface area contributed by atoms with Gasteiger partial charge in [-0.2, -0.15) is 0 Å². The molecule has 0 radical (unpaired) electrons. The Hall–Kier alpha value is -6.09. The van der Waals surface area contributed by atoms with E-state index in [1.54, 1.807) is 12.1 Å². The molecule has 0 heterocycles. The lowest BCUT2D eigenvalue weighted by Gasteiger charge is -2.20. The maximum Gasteiger partial charge on any atom is 0.328 e. The average Bonchev–Trinajstić information content (AvgIpc) is 3.19. The van der Waals surface area contributed by atoms with Crippen LogP contribution in [-0.4, -0.2) is 37.5 Å². The molecule has 0 aromatic heterocycles. The highest BCUT2D eigenvalue weighted by Crippen LogP contribution is 2.40. The van der Waals surface area contributed by atoms with Gasteiger partial charge in [-0.1, -0.05) is 121 Å². The fourth-order valence-corrected chi connectivity index (χ4v) is 5.44. The van der Waals surface area contributed by atoms with Gasteiger partial charge in [0.1, 0.15) is 25.9 Å². The van der Waals surface area contributed by atoms with Gasteiger partial charge in [-0.05, 0) is 53.6 Å². The SMILES string of the molecule is COC(=O)[C@@H](CCCCNC(=O)Cc1ccccc1)NC(=O)c1cc(OCc2ccccc2)c(OCc2ccccc2)c(OCc2ccccc2)c1. The maximum atomic E-state index is 13.8. The third kappa shape index (κ3) is 11.8. The van der Waals surface area contributed by atoms with Gasteiger partial charge in [0.25, 0.3) is 5.91 Å². The van der Waals surface area contributed by atoms with E-state index < -0.39 is 17.9 Å². The molecule has 9 nitrogen and oxygen atoms in total. The molecule has 0 fully saturated rings. The van der Waals surface area contributed by atoms with Crippen molar-refractivity contribution in [2.45, 2.75) is 51.5 Å². The molecular formula is C43H44N2O7. The van der Waals surface area contributed by atoms with E-state index >= 15 is 0 Å². The van der Waals surface area contributed by atoms with Crippen molar-refractivity contribution in [2.24, 2.45) is 0 Å². The Morgan fingerprint density at radius 2 is 1.06 bits per heavy atom. The lowest BCUT2D eigenvalue weighted by atomic mass is 10.1. The van der Waals surface area contributed by atoms with Crippen LogP contribution in [-0.2, 0) is 40.6 Å². The van der Waals surface area contributed by atoms with Gasteiger partial charge >= 0.3 is 5.97 Å². The van der Waals surface area contributed by atoms with Gasteiger partial charge < -0.3 is 29.6 Å². The van der Waals surface area contributed by atoms with Crippen molar-refractivity contribution in [3.63, 3.8) is 0 Å². The summed E-state index contributed by atoms with van der Waals surface area (Å²) in [6.07, 6.45) is 1.80. The molecule has 9 heteroatoms. The number of unbranched alkanes of at least 4 members (excludes halogenated alkanes) is 1. The molecule has 0 aliphatic heterocycles. The van der Waals surface area contributed by atoms with Crippen LogP contribution in [0.15, 0.2) is 133 Å². The highest BCUT2D eigenvalue weighted by Gasteiger charge is 2.25. The molecule has 5 aromatic rings. The summed E-state index contributed by atoms with van der Waals surface area (Å²) >= 11 is 0. The standard InChI is InChI=1S/C43H44N2O7/c1-49-43(48)37(24-14-15-25-44-40(46)26-32-16-6-2-7-17-32)45-42(47)36-27-38(50-29-33-18-8-3-9-19-33)41(52-31-35-22-12-5-13-23-35)39(28-36)51-30-34-20-10-4-11-21-34/h2-13,16-23,27-28,37H,14-15,24-26,29-31H2,1H3,(H,44,46)(H,45,47)/t37-/m1/s1. The zero-order valence-electron chi connectivity index (χ0n) is 29.3. The Balaban J connectivity index is 1.32. The number of amides is 2. The van der Waals surface area contributed by atoms with Crippen LogP contribution < -0.4 is 24.8 Å². The van der Waals surface area contributed by atoms with Crippen LogP contribution in [0.2, 0.25) is 0 Å². The summed E-state index contributed by atoms with van der Waals surface area (Å²) < 4.78 is 24.0. The average molecular weight is 701 g/mol. The summed E-state index contributed by atoms with van der Waals surface area (Å²) in [5, 5.41) is 5.76. The van der Waals surface area contributed by atoms with Crippen LogP contribution in [0.1, 0.15) is 51.9 Å². The van der Waals surface area contributed by atoms with Crippen molar-refractivity contribution >= 4 is 17.8 Å². The van der Waals surface area contributed by atoms with Gasteiger partial charge in [-0.25, -0.2) is 4.79 Å². The van der Waals surface area contributed by atoms with Crippen LogP contribution >= 0.6 is 0 Å². The number of rotatable bonds is 19. The zero-order valence-corrected chi connectivity index (χ0v) is 29.3. The van der Waals surface area contributed by atoms with E-state index in [1.165, 1.54) is 7.11 Å². The Bertz CT molecular complexity index is 1790.